The van der Waals surface area contributed by atoms with Gasteiger partial charge in [0.05, 0.1) is 7.11 Å². The maximum Gasteiger partial charge on any atom is 0.290 e. The van der Waals surface area contributed by atoms with E-state index >= 15 is 0 Å². The number of hydrogen-bond donors (Lipinski definition) is 0. The molecule has 0 spiro atoms. The first kappa shape index (κ1) is 14.3. The van der Waals surface area contributed by atoms with Gasteiger partial charge in [-0.05, 0) is 48.6 Å². The summed E-state index contributed by atoms with van der Waals surface area (Å²) >= 11 is 1.77. The number of thiophene rings is 1. The van der Waals surface area contributed by atoms with Crippen molar-refractivity contribution in [3.63, 3.8) is 0 Å². The highest BCUT2D eigenvalue weighted by molar-refractivity contribution is 7.10. The molecule has 0 radical (unpaired) electrons. The maximum absolute atomic E-state index is 12.9. The van der Waals surface area contributed by atoms with Gasteiger partial charge in [0, 0.05) is 28.9 Å². The Balaban J connectivity index is 1.69. The lowest BCUT2D eigenvalue weighted by Gasteiger charge is -2.26. The Morgan fingerprint density at radius 3 is 3.04 bits per heavy atom. The normalized spacial score (nSPS) is 14.1. The van der Waals surface area contributed by atoms with Gasteiger partial charge in [0.1, 0.15) is 11.3 Å². The molecule has 1 aliphatic heterocycles. The molecule has 0 atom stereocenters. The highest BCUT2D eigenvalue weighted by atomic mass is 32.1. The number of nitrogens with zero attached hydrogens (tertiary/aromatic N) is 1. The Labute approximate surface area is 138 Å². The zero-order valence-corrected chi connectivity index (χ0v) is 13.9. The van der Waals surface area contributed by atoms with Crippen LogP contribution in [0.4, 0.5) is 0 Å². The molecule has 1 amide bonds. The smallest absolute Gasteiger partial charge is 0.290 e. The molecule has 3 heterocycles. The molecule has 1 aliphatic rings. The molecule has 118 valence electrons. The number of methoxy groups -OCH3 is 1. The monoisotopic (exact) mass is 327 g/mol. The number of carbonyl (C=O) groups excluding carboxylic acids is 1. The van der Waals surface area contributed by atoms with Crippen LogP contribution in [-0.2, 0) is 13.0 Å². The fraction of sp³-hybridized carbons (Fsp3) is 0.278. The van der Waals surface area contributed by atoms with Crippen LogP contribution in [0.25, 0.3) is 11.0 Å². The average molecular weight is 327 g/mol. The summed E-state index contributed by atoms with van der Waals surface area (Å²) in [5, 5.41) is 3.03. The van der Waals surface area contributed by atoms with Crippen LogP contribution in [-0.4, -0.2) is 24.5 Å². The Morgan fingerprint density at radius 2 is 2.22 bits per heavy atom. The molecule has 0 N–H and O–H groups in total. The molecular weight excluding hydrogens is 310 g/mol. The van der Waals surface area contributed by atoms with Crippen LogP contribution in [0.5, 0.6) is 5.75 Å². The molecule has 0 fully saturated rings. The van der Waals surface area contributed by atoms with E-state index in [2.05, 4.69) is 11.4 Å². The summed E-state index contributed by atoms with van der Waals surface area (Å²) in [5.74, 6) is 1.17. The van der Waals surface area contributed by atoms with Gasteiger partial charge in [-0.25, -0.2) is 0 Å². The topological polar surface area (TPSA) is 42.7 Å². The van der Waals surface area contributed by atoms with E-state index in [1.54, 1.807) is 18.4 Å². The van der Waals surface area contributed by atoms with Gasteiger partial charge in [0.2, 0.25) is 0 Å². The lowest BCUT2D eigenvalue weighted by atomic mass is 10.1. The van der Waals surface area contributed by atoms with Crippen molar-refractivity contribution in [1.29, 1.82) is 0 Å². The van der Waals surface area contributed by atoms with Crippen molar-refractivity contribution in [3.05, 3.63) is 51.4 Å². The number of ether oxygens (including phenoxy) is 1. The summed E-state index contributed by atoms with van der Waals surface area (Å²) in [6.07, 6.45) is 0.922. The average Bonchev–Trinajstić information content (AvgIpc) is 3.18. The van der Waals surface area contributed by atoms with Gasteiger partial charge in [-0.15, -0.1) is 11.3 Å². The van der Waals surface area contributed by atoms with E-state index in [4.69, 9.17) is 9.15 Å². The zero-order valence-electron chi connectivity index (χ0n) is 13.1. The van der Waals surface area contributed by atoms with E-state index in [-0.39, 0.29) is 5.91 Å². The number of hydrogen-bond acceptors (Lipinski definition) is 4. The largest absolute Gasteiger partial charge is 0.497 e. The van der Waals surface area contributed by atoms with Gasteiger partial charge in [-0.3, -0.25) is 4.79 Å². The number of furan rings is 1. The minimum absolute atomic E-state index is 0.0329. The van der Waals surface area contributed by atoms with Crippen LogP contribution in [0.3, 0.4) is 0 Å². The standard InChI is InChI=1S/C18H17NO3S/c1-11-14-9-13(21-2)3-4-15(14)22-17(11)18(20)19-7-5-16-12(10-19)6-8-23-16/h3-4,6,8-9H,5,7,10H2,1-2H3. The van der Waals surface area contributed by atoms with E-state index in [1.807, 2.05) is 30.0 Å². The number of amides is 1. The molecule has 0 unspecified atom stereocenters. The SMILES string of the molecule is COc1ccc2oc(C(=O)N3CCc4sccc4C3)c(C)c2c1. The number of benzene rings is 1. The molecule has 1 aromatic carbocycles. The van der Waals surface area contributed by atoms with Crippen molar-refractivity contribution in [2.75, 3.05) is 13.7 Å². The summed E-state index contributed by atoms with van der Waals surface area (Å²) in [5.41, 5.74) is 2.85. The summed E-state index contributed by atoms with van der Waals surface area (Å²) in [4.78, 5) is 16.1. The van der Waals surface area contributed by atoms with Crippen LogP contribution < -0.4 is 4.74 Å². The second-order valence-corrected chi connectivity index (χ2v) is 6.76. The van der Waals surface area contributed by atoms with Gasteiger partial charge < -0.3 is 14.1 Å². The highest BCUT2D eigenvalue weighted by Crippen LogP contribution is 2.31. The summed E-state index contributed by atoms with van der Waals surface area (Å²) in [6.45, 7) is 3.34. The first-order valence-electron chi connectivity index (χ1n) is 7.59. The van der Waals surface area contributed by atoms with Gasteiger partial charge in [-0.1, -0.05) is 0 Å². The second kappa shape index (κ2) is 5.42. The molecule has 2 aromatic heterocycles. The Morgan fingerprint density at radius 1 is 1.35 bits per heavy atom. The molecule has 5 heteroatoms. The van der Waals surface area contributed by atoms with Crippen LogP contribution in [0.2, 0.25) is 0 Å². The molecular formula is C18H17NO3S. The van der Waals surface area contributed by atoms with Crippen molar-refractivity contribution in [2.45, 2.75) is 19.9 Å². The van der Waals surface area contributed by atoms with Crippen LogP contribution >= 0.6 is 11.3 Å². The van der Waals surface area contributed by atoms with Gasteiger partial charge >= 0.3 is 0 Å². The summed E-state index contributed by atoms with van der Waals surface area (Å²) in [7, 11) is 1.63. The van der Waals surface area contributed by atoms with Gasteiger partial charge in [0.25, 0.3) is 5.91 Å². The predicted molar refractivity (Wildman–Crippen MR) is 90.3 cm³/mol. The third kappa shape index (κ3) is 2.32. The lowest BCUT2D eigenvalue weighted by Crippen LogP contribution is -2.35. The first-order valence-corrected chi connectivity index (χ1v) is 8.47. The number of carbonyl (C=O) groups is 1. The van der Waals surface area contributed by atoms with Crippen molar-refractivity contribution < 1.29 is 13.9 Å². The van der Waals surface area contributed by atoms with E-state index in [1.165, 1.54) is 10.4 Å². The first-order chi connectivity index (χ1) is 11.2. The number of aryl methyl sites for hydroxylation is 1. The van der Waals surface area contributed by atoms with E-state index < -0.39 is 0 Å². The summed E-state index contributed by atoms with van der Waals surface area (Å²) < 4.78 is 11.1. The van der Waals surface area contributed by atoms with Gasteiger partial charge in [0.15, 0.2) is 5.76 Å². The van der Waals surface area contributed by atoms with E-state index in [0.717, 1.165) is 35.2 Å². The molecule has 0 aliphatic carbocycles. The molecule has 0 saturated carbocycles. The Bertz CT molecular complexity index is 893. The molecule has 4 nitrogen and oxygen atoms in total. The van der Waals surface area contributed by atoms with Crippen LogP contribution in [0.1, 0.15) is 26.6 Å². The molecule has 0 saturated heterocycles. The van der Waals surface area contributed by atoms with E-state index in [0.29, 0.717) is 12.3 Å². The molecule has 0 bridgehead atoms. The van der Waals surface area contributed by atoms with Crippen LogP contribution in [0.15, 0.2) is 34.1 Å². The molecule has 3 aromatic rings. The van der Waals surface area contributed by atoms with E-state index in [9.17, 15) is 4.79 Å². The third-order valence-electron chi connectivity index (χ3n) is 4.43. The maximum atomic E-state index is 12.9. The Kier molecular flexibility index (Phi) is 3.38. The van der Waals surface area contributed by atoms with Crippen molar-refractivity contribution in [1.82, 2.24) is 4.90 Å². The number of fused-ring (bicyclic) bond motifs is 2. The van der Waals surface area contributed by atoms with Crippen molar-refractivity contribution in [3.8, 4) is 5.75 Å². The Hall–Kier alpha value is -2.27. The molecule has 4 rings (SSSR count). The highest BCUT2D eigenvalue weighted by Gasteiger charge is 2.27. The fourth-order valence-corrected chi connectivity index (χ4v) is 3.99. The van der Waals surface area contributed by atoms with Gasteiger partial charge in [-0.2, -0.15) is 0 Å². The minimum Gasteiger partial charge on any atom is -0.497 e. The zero-order chi connectivity index (χ0) is 16.0. The third-order valence-corrected chi connectivity index (χ3v) is 5.46. The molecule has 23 heavy (non-hydrogen) atoms. The fourth-order valence-electron chi connectivity index (χ4n) is 3.10. The summed E-state index contributed by atoms with van der Waals surface area (Å²) in [6, 6.07) is 7.72. The lowest BCUT2D eigenvalue weighted by molar-refractivity contribution is 0.0705. The van der Waals surface area contributed by atoms with Crippen molar-refractivity contribution >= 4 is 28.2 Å². The minimum atomic E-state index is -0.0329. The number of rotatable bonds is 2. The second-order valence-electron chi connectivity index (χ2n) is 5.76. The quantitative estimate of drug-likeness (QED) is 0.714. The van der Waals surface area contributed by atoms with Crippen LogP contribution in [0, 0.1) is 6.92 Å². The van der Waals surface area contributed by atoms with Crippen molar-refractivity contribution in [2.24, 2.45) is 0 Å². The predicted octanol–water partition coefficient (Wildman–Crippen LogP) is 4.01.